The maximum absolute atomic E-state index is 11.8. The third kappa shape index (κ3) is 3.07. The van der Waals surface area contributed by atoms with Crippen molar-refractivity contribution in [1.82, 2.24) is 5.32 Å². The van der Waals surface area contributed by atoms with Gasteiger partial charge in [-0.1, -0.05) is 12.1 Å². The summed E-state index contributed by atoms with van der Waals surface area (Å²) in [7, 11) is 1.90. The fourth-order valence-electron chi connectivity index (χ4n) is 1.55. The Balaban J connectivity index is 1.96. The number of amides is 1. The van der Waals surface area contributed by atoms with Crippen LogP contribution in [-0.4, -0.2) is 11.0 Å². The predicted molar refractivity (Wildman–Crippen MR) is 66.9 cm³/mol. The van der Waals surface area contributed by atoms with Crippen LogP contribution >= 0.6 is 0 Å². The lowest BCUT2D eigenvalue weighted by Gasteiger charge is -2.05. The molecule has 0 saturated heterocycles. The number of carbonyl (C=O) groups excluding carboxylic acids is 1. The summed E-state index contributed by atoms with van der Waals surface area (Å²) in [5.74, 6) is 0.115. The van der Waals surface area contributed by atoms with Gasteiger partial charge in [-0.2, -0.15) is 0 Å². The molecule has 0 fully saturated rings. The molecule has 0 aliphatic rings. The second-order valence-corrected chi connectivity index (χ2v) is 4.10. The Morgan fingerprint density at radius 3 is 2.39 bits per heavy atom. The number of phenolic OH excluding ortho intramolecular Hbond substituents is 1. The van der Waals surface area contributed by atoms with Crippen LogP contribution in [0.5, 0.6) is 5.75 Å². The van der Waals surface area contributed by atoms with E-state index in [-0.39, 0.29) is 11.7 Å². The van der Waals surface area contributed by atoms with Crippen LogP contribution in [0.4, 0.5) is 0 Å². The molecule has 0 aliphatic heterocycles. The molecule has 0 bridgehead atoms. The molecule has 0 saturated carbocycles. The zero-order chi connectivity index (χ0) is 13.0. The molecule has 0 aliphatic carbocycles. The minimum atomic E-state index is -0.108. The maximum Gasteiger partial charge on any atom is 0.252 e. The number of carbonyl (C=O) groups is 1. The van der Waals surface area contributed by atoms with Gasteiger partial charge < -0.3 is 10.4 Å². The van der Waals surface area contributed by atoms with Crippen LogP contribution in [0.3, 0.4) is 0 Å². The summed E-state index contributed by atoms with van der Waals surface area (Å²) < 4.78 is 1.87. The minimum Gasteiger partial charge on any atom is -0.508 e. The number of nitrogens with zero attached hydrogens (tertiary/aromatic N) is 1. The van der Waals surface area contributed by atoms with Crippen molar-refractivity contribution in [2.75, 3.05) is 0 Å². The number of aryl methyl sites for hydroxylation is 1. The normalized spacial score (nSPS) is 10.1. The first-order valence-electron chi connectivity index (χ1n) is 5.66. The Hall–Kier alpha value is -2.36. The van der Waals surface area contributed by atoms with E-state index in [1.807, 2.05) is 24.0 Å². The van der Waals surface area contributed by atoms with Crippen LogP contribution in [-0.2, 0) is 13.6 Å². The summed E-state index contributed by atoms with van der Waals surface area (Å²) in [4.78, 5) is 11.8. The smallest absolute Gasteiger partial charge is 0.252 e. The summed E-state index contributed by atoms with van der Waals surface area (Å²) >= 11 is 0. The highest BCUT2D eigenvalue weighted by atomic mass is 16.3. The summed E-state index contributed by atoms with van der Waals surface area (Å²) in [5, 5.41) is 12.0. The van der Waals surface area contributed by atoms with E-state index >= 15 is 0 Å². The predicted octanol–water partition coefficient (Wildman–Crippen LogP) is 1.15. The molecular weight excluding hydrogens is 228 g/mol. The van der Waals surface area contributed by atoms with Gasteiger partial charge in [-0.05, 0) is 17.7 Å². The van der Waals surface area contributed by atoms with E-state index in [4.69, 9.17) is 5.11 Å². The Bertz CT molecular complexity index is 533. The lowest BCUT2D eigenvalue weighted by Crippen LogP contribution is -2.28. The van der Waals surface area contributed by atoms with E-state index < -0.39 is 0 Å². The highest BCUT2D eigenvalue weighted by Gasteiger charge is 2.06. The summed E-state index contributed by atoms with van der Waals surface area (Å²) in [6.07, 6.45) is 3.66. The molecule has 1 aromatic carbocycles. The molecule has 4 heteroatoms. The molecule has 0 spiro atoms. The topological polar surface area (TPSA) is 53.2 Å². The van der Waals surface area contributed by atoms with Gasteiger partial charge in [-0.15, -0.1) is 0 Å². The zero-order valence-corrected chi connectivity index (χ0v) is 10.1. The average molecular weight is 243 g/mol. The molecule has 92 valence electrons. The first-order valence-corrected chi connectivity index (χ1v) is 5.66. The molecule has 1 heterocycles. The van der Waals surface area contributed by atoms with Crippen molar-refractivity contribution in [1.29, 1.82) is 0 Å². The SMILES string of the molecule is C[n+]1ccc(C(=O)NCc2ccc(O)cc2)cc1. The first-order chi connectivity index (χ1) is 8.65. The third-order valence-electron chi connectivity index (χ3n) is 2.63. The van der Waals surface area contributed by atoms with Gasteiger partial charge in [0.1, 0.15) is 12.8 Å². The molecular formula is C14H15N2O2+. The number of aromatic nitrogens is 1. The molecule has 1 aromatic heterocycles. The Morgan fingerprint density at radius 1 is 1.17 bits per heavy atom. The van der Waals surface area contributed by atoms with Crippen molar-refractivity contribution >= 4 is 5.91 Å². The number of hydrogen-bond acceptors (Lipinski definition) is 2. The minimum absolute atomic E-state index is 0.108. The van der Waals surface area contributed by atoms with E-state index in [2.05, 4.69) is 5.32 Å². The van der Waals surface area contributed by atoms with Crippen molar-refractivity contribution in [2.45, 2.75) is 6.54 Å². The van der Waals surface area contributed by atoms with E-state index in [0.29, 0.717) is 12.1 Å². The van der Waals surface area contributed by atoms with Crippen LogP contribution in [0.2, 0.25) is 0 Å². The van der Waals surface area contributed by atoms with E-state index in [9.17, 15) is 4.79 Å². The highest BCUT2D eigenvalue weighted by molar-refractivity contribution is 5.93. The lowest BCUT2D eigenvalue weighted by molar-refractivity contribution is -0.671. The maximum atomic E-state index is 11.8. The van der Waals surface area contributed by atoms with Gasteiger partial charge in [0.05, 0.1) is 5.56 Å². The number of pyridine rings is 1. The zero-order valence-electron chi connectivity index (χ0n) is 10.1. The standard InChI is InChI=1S/C14H14N2O2/c1-16-8-6-12(7-9-16)14(18)15-10-11-2-4-13(17)5-3-11/h2-9H,10H2,1H3,(H-,15,17,18)/p+1. The quantitative estimate of drug-likeness (QED) is 0.794. The van der Waals surface area contributed by atoms with Gasteiger partial charge in [0.25, 0.3) is 5.91 Å². The largest absolute Gasteiger partial charge is 0.508 e. The Labute approximate surface area is 106 Å². The molecule has 4 nitrogen and oxygen atoms in total. The molecule has 0 unspecified atom stereocenters. The van der Waals surface area contributed by atoms with Gasteiger partial charge in [0.2, 0.25) is 0 Å². The van der Waals surface area contributed by atoms with Crippen LogP contribution in [0.15, 0.2) is 48.8 Å². The van der Waals surface area contributed by atoms with Crippen LogP contribution in [0, 0.1) is 0 Å². The second kappa shape index (κ2) is 5.31. The second-order valence-electron chi connectivity index (χ2n) is 4.10. The van der Waals surface area contributed by atoms with Crippen molar-refractivity contribution in [3.8, 4) is 5.75 Å². The fourth-order valence-corrected chi connectivity index (χ4v) is 1.55. The number of nitrogens with one attached hydrogen (secondary N) is 1. The van der Waals surface area contributed by atoms with Gasteiger partial charge >= 0.3 is 0 Å². The molecule has 0 radical (unpaired) electrons. The fraction of sp³-hybridized carbons (Fsp3) is 0.143. The van der Waals surface area contributed by atoms with Crippen molar-refractivity contribution < 1.29 is 14.5 Å². The van der Waals surface area contributed by atoms with Crippen molar-refractivity contribution in [3.63, 3.8) is 0 Å². The monoisotopic (exact) mass is 243 g/mol. The first kappa shape index (κ1) is 12.1. The van der Waals surface area contributed by atoms with E-state index in [1.54, 1.807) is 36.4 Å². The number of rotatable bonds is 3. The van der Waals surface area contributed by atoms with Crippen LogP contribution in [0.25, 0.3) is 0 Å². The Morgan fingerprint density at radius 2 is 1.78 bits per heavy atom. The molecule has 18 heavy (non-hydrogen) atoms. The number of benzene rings is 1. The molecule has 2 rings (SSSR count). The third-order valence-corrected chi connectivity index (χ3v) is 2.63. The van der Waals surface area contributed by atoms with Crippen LogP contribution < -0.4 is 9.88 Å². The number of phenols is 1. The summed E-state index contributed by atoms with van der Waals surface area (Å²) in [6.45, 7) is 0.445. The van der Waals surface area contributed by atoms with Gasteiger partial charge in [-0.25, -0.2) is 4.57 Å². The molecule has 0 atom stereocenters. The number of aromatic hydroxyl groups is 1. The lowest BCUT2D eigenvalue weighted by atomic mass is 10.2. The van der Waals surface area contributed by atoms with E-state index in [1.165, 1.54) is 0 Å². The molecule has 2 N–H and O–H groups in total. The highest BCUT2D eigenvalue weighted by Crippen LogP contribution is 2.09. The van der Waals surface area contributed by atoms with E-state index in [0.717, 1.165) is 5.56 Å². The van der Waals surface area contributed by atoms with Gasteiger partial charge in [-0.3, -0.25) is 4.79 Å². The molecule has 1 amide bonds. The van der Waals surface area contributed by atoms with Gasteiger partial charge in [0.15, 0.2) is 12.4 Å². The van der Waals surface area contributed by atoms with Crippen molar-refractivity contribution in [3.05, 3.63) is 59.9 Å². The molecule has 2 aromatic rings. The summed E-state index contributed by atoms with van der Waals surface area (Å²) in [6, 6.07) is 10.3. The van der Waals surface area contributed by atoms with Crippen molar-refractivity contribution in [2.24, 2.45) is 7.05 Å². The van der Waals surface area contributed by atoms with Gasteiger partial charge in [0, 0.05) is 18.7 Å². The summed E-state index contributed by atoms with van der Waals surface area (Å²) in [5.41, 5.74) is 1.58. The van der Waals surface area contributed by atoms with Crippen LogP contribution in [0.1, 0.15) is 15.9 Å². The number of hydrogen-bond donors (Lipinski definition) is 2. The Kier molecular flexibility index (Phi) is 3.57. The average Bonchev–Trinajstić information content (AvgIpc) is 2.38.